The Kier molecular flexibility index (Phi) is 6.89. The molecule has 0 amide bonds. The van der Waals surface area contributed by atoms with E-state index in [4.69, 9.17) is 9.47 Å². The maximum Gasteiger partial charge on any atom is 0.175 e. The lowest BCUT2D eigenvalue weighted by molar-refractivity contribution is 0.282. The molecule has 3 aromatic carbocycles. The second-order valence-corrected chi connectivity index (χ2v) is 8.16. The van der Waals surface area contributed by atoms with Crippen LogP contribution in [0.3, 0.4) is 0 Å². The zero-order valence-corrected chi connectivity index (χ0v) is 18.8. The van der Waals surface area contributed by atoms with Gasteiger partial charge in [0.15, 0.2) is 11.5 Å². The summed E-state index contributed by atoms with van der Waals surface area (Å²) in [6.07, 6.45) is 3.03. The summed E-state index contributed by atoms with van der Waals surface area (Å²) in [4.78, 5) is 3.32. The number of ether oxygens (including phenoxy) is 2. The molecule has 0 atom stereocenters. The number of para-hydroxylation sites is 1. The first-order valence-corrected chi connectivity index (χ1v) is 10.9. The number of methoxy groups -OCH3 is 1. The highest BCUT2D eigenvalue weighted by atomic mass is 79.9. The van der Waals surface area contributed by atoms with Crippen LogP contribution in [0.1, 0.15) is 16.7 Å². The van der Waals surface area contributed by atoms with E-state index in [0.717, 1.165) is 35.1 Å². The quantitative estimate of drug-likeness (QED) is 0.288. The molecule has 160 valence electrons. The number of benzene rings is 3. The first-order valence-electron chi connectivity index (χ1n) is 10.1. The summed E-state index contributed by atoms with van der Waals surface area (Å²) in [6.45, 7) is 1.91. The Morgan fingerprint density at radius 2 is 1.84 bits per heavy atom. The fourth-order valence-electron chi connectivity index (χ4n) is 3.55. The minimum atomic E-state index is -0.260. The van der Waals surface area contributed by atoms with Gasteiger partial charge in [-0.1, -0.05) is 30.3 Å². The third-order valence-electron chi connectivity index (χ3n) is 5.16. The minimum absolute atomic E-state index is 0.260. The van der Waals surface area contributed by atoms with Crippen molar-refractivity contribution in [1.29, 1.82) is 0 Å². The van der Waals surface area contributed by atoms with Gasteiger partial charge in [0.25, 0.3) is 0 Å². The summed E-state index contributed by atoms with van der Waals surface area (Å²) in [5.74, 6) is 1.03. The summed E-state index contributed by atoms with van der Waals surface area (Å²) in [5, 5.41) is 4.77. The van der Waals surface area contributed by atoms with E-state index in [0.29, 0.717) is 18.1 Å². The van der Waals surface area contributed by atoms with Gasteiger partial charge < -0.3 is 19.8 Å². The number of hydrogen-bond acceptors (Lipinski definition) is 3. The Bertz CT molecular complexity index is 1160. The van der Waals surface area contributed by atoms with Crippen molar-refractivity contribution in [3.8, 4) is 11.5 Å². The normalized spacial score (nSPS) is 11.1. The molecule has 2 N–H and O–H groups in total. The van der Waals surface area contributed by atoms with Gasteiger partial charge in [-0.15, -0.1) is 0 Å². The Morgan fingerprint density at radius 1 is 1.03 bits per heavy atom. The summed E-state index contributed by atoms with van der Waals surface area (Å²) < 4.78 is 25.4. The van der Waals surface area contributed by atoms with Crippen LogP contribution in [0.5, 0.6) is 11.5 Å². The summed E-state index contributed by atoms with van der Waals surface area (Å²) in [6, 6.07) is 18.6. The monoisotopic (exact) mass is 482 g/mol. The average molecular weight is 483 g/mol. The highest BCUT2D eigenvalue weighted by Gasteiger charge is 2.12. The zero-order chi connectivity index (χ0) is 21.6. The molecule has 0 saturated heterocycles. The van der Waals surface area contributed by atoms with E-state index in [1.807, 2.05) is 18.2 Å². The molecule has 4 aromatic rings. The smallest absolute Gasteiger partial charge is 0.175 e. The number of aromatic nitrogens is 1. The molecular weight excluding hydrogens is 459 g/mol. The van der Waals surface area contributed by atoms with Gasteiger partial charge in [-0.05, 0) is 75.9 Å². The third kappa shape index (κ3) is 5.27. The molecule has 31 heavy (non-hydrogen) atoms. The van der Waals surface area contributed by atoms with Crippen LogP contribution in [0.25, 0.3) is 10.9 Å². The van der Waals surface area contributed by atoms with Gasteiger partial charge >= 0.3 is 0 Å². The van der Waals surface area contributed by atoms with E-state index in [2.05, 4.69) is 50.6 Å². The van der Waals surface area contributed by atoms with Crippen molar-refractivity contribution in [2.45, 2.75) is 19.6 Å². The lowest BCUT2D eigenvalue weighted by atomic mass is 10.1. The van der Waals surface area contributed by atoms with Crippen molar-refractivity contribution < 1.29 is 13.9 Å². The summed E-state index contributed by atoms with van der Waals surface area (Å²) in [5.41, 5.74) is 4.46. The van der Waals surface area contributed by atoms with E-state index in [1.54, 1.807) is 19.2 Å². The Balaban J connectivity index is 1.35. The number of nitrogens with one attached hydrogen (secondary N) is 2. The van der Waals surface area contributed by atoms with E-state index < -0.39 is 0 Å². The van der Waals surface area contributed by atoms with E-state index in [9.17, 15) is 4.39 Å². The molecule has 0 radical (unpaired) electrons. The van der Waals surface area contributed by atoms with E-state index in [1.165, 1.54) is 28.6 Å². The first kappa shape index (κ1) is 21.4. The molecule has 0 aliphatic carbocycles. The Morgan fingerprint density at radius 3 is 2.65 bits per heavy atom. The number of H-pyrrole nitrogens is 1. The summed E-state index contributed by atoms with van der Waals surface area (Å²) >= 11 is 3.59. The van der Waals surface area contributed by atoms with Crippen molar-refractivity contribution in [3.63, 3.8) is 0 Å². The van der Waals surface area contributed by atoms with Crippen molar-refractivity contribution in [2.75, 3.05) is 13.7 Å². The Labute approximate surface area is 189 Å². The van der Waals surface area contributed by atoms with Crippen LogP contribution in [-0.4, -0.2) is 18.6 Å². The van der Waals surface area contributed by atoms with Crippen LogP contribution in [0.2, 0.25) is 0 Å². The van der Waals surface area contributed by atoms with Crippen LogP contribution in [-0.2, 0) is 19.6 Å². The third-order valence-corrected chi connectivity index (χ3v) is 5.75. The number of halogens is 2. The standard InChI is InChI=1S/C25H24BrFN2O2/c1-30-24-13-18(12-22(26)25(24)31-16-17-6-8-20(27)9-7-17)14-28-11-10-19-15-29-23-5-3-2-4-21(19)23/h2-9,12-13,15,28-29H,10-11,14,16H2,1H3. The molecule has 4 rings (SSSR count). The maximum absolute atomic E-state index is 13.1. The second kappa shape index (κ2) is 9.98. The van der Waals surface area contributed by atoms with E-state index >= 15 is 0 Å². The Hall–Kier alpha value is -2.83. The molecule has 0 bridgehead atoms. The molecule has 4 nitrogen and oxygen atoms in total. The van der Waals surface area contributed by atoms with E-state index in [-0.39, 0.29) is 5.82 Å². The molecule has 0 unspecified atom stereocenters. The SMILES string of the molecule is COc1cc(CNCCc2c[nH]c3ccccc23)cc(Br)c1OCc1ccc(F)cc1. The molecule has 1 heterocycles. The van der Waals surface area contributed by atoms with Crippen molar-refractivity contribution in [3.05, 3.63) is 93.8 Å². The first-order chi connectivity index (χ1) is 15.1. The lowest BCUT2D eigenvalue weighted by Gasteiger charge is -2.15. The molecule has 0 fully saturated rings. The van der Waals surface area contributed by atoms with Crippen molar-refractivity contribution in [2.24, 2.45) is 0 Å². The molecular formula is C25H24BrFN2O2. The van der Waals surface area contributed by atoms with Crippen molar-refractivity contribution >= 4 is 26.8 Å². The van der Waals surface area contributed by atoms with Gasteiger partial charge in [-0.3, -0.25) is 0 Å². The number of hydrogen-bond donors (Lipinski definition) is 2. The second-order valence-electron chi connectivity index (χ2n) is 7.31. The highest BCUT2D eigenvalue weighted by Crippen LogP contribution is 2.37. The molecule has 0 saturated carbocycles. The number of fused-ring (bicyclic) bond motifs is 1. The van der Waals surface area contributed by atoms with Gasteiger partial charge in [0.2, 0.25) is 0 Å². The van der Waals surface area contributed by atoms with Gasteiger partial charge in [0.1, 0.15) is 12.4 Å². The minimum Gasteiger partial charge on any atom is -0.493 e. The maximum atomic E-state index is 13.1. The predicted molar refractivity (Wildman–Crippen MR) is 125 cm³/mol. The average Bonchev–Trinajstić information content (AvgIpc) is 3.20. The topological polar surface area (TPSA) is 46.3 Å². The molecule has 0 spiro atoms. The molecule has 6 heteroatoms. The number of aromatic amines is 1. The molecule has 0 aliphatic rings. The van der Waals surface area contributed by atoms with Gasteiger partial charge in [0, 0.05) is 23.6 Å². The highest BCUT2D eigenvalue weighted by molar-refractivity contribution is 9.10. The lowest BCUT2D eigenvalue weighted by Crippen LogP contribution is -2.16. The summed E-state index contributed by atoms with van der Waals surface area (Å²) in [7, 11) is 1.63. The van der Waals surface area contributed by atoms with Gasteiger partial charge in [0.05, 0.1) is 11.6 Å². The van der Waals surface area contributed by atoms with Crippen LogP contribution < -0.4 is 14.8 Å². The van der Waals surface area contributed by atoms with Crippen LogP contribution in [0.15, 0.2) is 71.3 Å². The van der Waals surface area contributed by atoms with Gasteiger partial charge in [-0.25, -0.2) is 4.39 Å². The van der Waals surface area contributed by atoms with Crippen molar-refractivity contribution in [1.82, 2.24) is 10.3 Å². The number of rotatable bonds is 9. The molecule has 0 aliphatic heterocycles. The molecule has 1 aromatic heterocycles. The van der Waals surface area contributed by atoms with Crippen LogP contribution >= 0.6 is 15.9 Å². The zero-order valence-electron chi connectivity index (χ0n) is 17.3. The largest absolute Gasteiger partial charge is 0.493 e. The fraction of sp³-hybridized carbons (Fsp3) is 0.200. The van der Waals surface area contributed by atoms with Crippen LogP contribution in [0, 0.1) is 5.82 Å². The van der Waals surface area contributed by atoms with Crippen LogP contribution in [0.4, 0.5) is 4.39 Å². The van der Waals surface area contributed by atoms with Gasteiger partial charge in [-0.2, -0.15) is 0 Å². The fourth-order valence-corrected chi connectivity index (χ4v) is 4.15. The predicted octanol–water partition coefficient (Wildman–Crippen LogP) is 5.99.